The molecule has 0 aliphatic carbocycles. The van der Waals surface area contributed by atoms with E-state index >= 15 is 0 Å². The van der Waals surface area contributed by atoms with Crippen molar-refractivity contribution in [2.45, 2.75) is 32.3 Å². The van der Waals surface area contributed by atoms with Gasteiger partial charge in [-0.3, -0.25) is 0 Å². The number of rotatable bonds is 2. The van der Waals surface area contributed by atoms with Gasteiger partial charge in [-0.2, -0.15) is 0 Å². The van der Waals surface area contributed by atoms with Crippen LogP contribution in [0.1, 0.15) is 37.0 Å². The van der Waals surface area contributed by atoms with E-state index in [-0.39, 0.29) is 5.82 Å². The Hall–Kier alpha value is -1.87. The van der Waals surface area contributed by atoms with Gasteiger partial charge in [0.15, 0.2) is 0 Å². The van der Waals surface area contributed by atoms with E-state index in [0.29, 0.717) is 11.3 Å². The first kappa shape index (κ1) is 14.1. The topological polar surface area (TPSA) is 23.5 Å². The summed E-state index contributed by atoms with van der Waals surface area (Å²) < 4.78 is 14.5. The van der Waals surface area contributed by atoms with Crippen molar-refractivity contribution in [3.8, 4) is 0 Å². The van der Waals surface area contributed by atoms with E-state index in [9.17, 15) is 9.50 Å². The minimum atomic E-state index is -0.689. The summed E-state index contributed by atoms with van der Waals surface area (Å²) in [5.41, 5.74) is 3.46. The fourth-order valence-corrected chi connectivity index (χ4v) is 3.08. The molecule has 0 saturated carbocycles. The lowest BCUT2D eigenvalue weighted by Crippen LogP contribution is -2.21. The van der Waals surface area contributed by atoms with E-state index in [1.165, 1.54) is 11.6 Å². The van der Waals surface area contributed by atoms with Crippen LogP contribution in [0.25, 0.3) is 0 Å². The second-order valence-electron chi connectivity index (χ2n) is 5.59. The molecule has 0 unspecified atom stereocenters. The molecule has 2 aromatic rings. The number of hydrogen-bond donors (Lipinski definition) is 1. The summed E-state index contributed by atoms with van der Waals surface area (Å²) in [5, 5.41) is 9.98. The number of nitrogens with zero attached hydrogens (tertiary/aromatic N) is 1. The lowest BCUT2D eigenvalue weighted by atomic mass is 10.0. The van der Waals surface area contributed by atoms with Crippen LogP contribution in [0.3, 0.4) is 0 Å². The van der Waals surface area contributed by atoms with E-state index in [2.05, 4.69) is 6.07 Å². The van der Waals surface area contributed by atoms with Crippen LogP contribution in [0.5, 0.6) is 0 Å². The summed E-state index contributed by atoms with van der Waals surface area (Å²) in [6.07, 6.45) is 2.45. The second-order valence-corrected chi connectivity index (χ2v) is 5.59. The van der Waals surface area contributed by atoms with Gasteiger partial charge in [0, 0.05) is 17.8 Å². The van der Waals surface area contributed by atoms with Crippen LogP contribution in [0.2, 0.25) is 0 Å². The van der Waals surface area contributed by atoms with Crippen molar-refractivity contribution in [2.75, 3.05) is 11.4 Å². The average molecular weight is 285 g/mol. The standard InChI is InChI=1S/C18H20FNO/c1-13(21)15-9-6-10-16(19)18(15)20-12-5-4-8-14-7-2-3-11-17(14)20/h2-3,6-7,9-11,13,21H,4-5,8,12H2,1H3/t13-/m0/s1. The van der Waals surface area contributed by atoms with Gasteiger partial charge in [0.2, 0.25) is 0 Å². The second kappa shape index (κ2) is 5.86. The third-order valence-corrected chi connectivity index (χ3v) is 4.10. The number of aryl methyl sites for hydroxylation is 1. The molecule has 0 radical (unpaired) electrons. The maximum Gasteiger partial charge on any atom is 0.147 e. The Morgan fingerprint density at radius 2 is 1.90 bits per heavy atom. The maximum atomic E-state index is 14.5. The number of hydrogen-bond acceptors (Lipinski definition) is 2. The Morgan fingerprint density at radius 3 is 2.71 bits per heavy atom. The van der Waals surface area contributed by atoms with Gasteiger partial charge in [0.1, 0.15) is 5.82 Å². The van der Waals surface area contributed by atoms with Crippen LogP contribution in [0, 0.1) is 5.82 Å². The molecule has 0 bridgehead atoms. The zero-order valence-electron chi connectivity index (χ0n) is 12.2. The fraction of sp³-hybridized carbons (Fsp3) is 0.333. The number of fused-ring (bicyclic) bond motifs is 1. The quantitative estimate of drug-likeness (QED) is 0.886. The summed E-state index contributed by atoms with van der Waals surface area (Å²) in [6.45, 7) is 2.46. The minimum Gasteiger partial charge on any atom is -0.389 e. The molecule has 3 heteroatoms. The molecule has 3 rings (SSSR count). The smallest absolute Gasteiger partial charge is 0.147 e. The van der Waals surface area contributed by atoms with Gasteiger partial charge in [0.25, 0.3) is 0 Å². The van der Waals surface area contributed by atoms with E-state index in [1.807, 2.05) is 23.1 Å². The average Bonchev–Trinajstić information content (AvgIpc) is 2.69. The zero-order chi connectivity index (χ0) is 14.8. The van der Waals surface area contributed by atoms with Crippen LogP contribution < -0.4 is 4.90 Å². The van der Waals surface area contributed by atoms with Crippen molar-refractivity contribution >= 4 is 11.4 Å². The summed E-state index contributed by atoms with van der Waals surface area (Å²) in [6, 6.07) is 13.1. The van der Waals surface area contributed by atoms with Crippen molar-refractivity contribution in [3.05, 3.63) is 59.4 Å². The van der Waals surface area contributed by atoms with Crippen molar-refractivity contribution in [2.24, 2.45) is 0 Å². The zero-order valence-corrected chi connectivity index (χ0v) is 12.2. The Kier molecular flexibility index (Phi) is 3.93. The third-order valence-electron chi connectivity index (χ3n) is 4.10. The molecule has 1 aliphatic heterocycles. The van der Waals surface area contributed by atoms with Crippen LogP contribution in [0.4, 0.5) is 15.8 Å². The molecular formula is C18H20FNO. The molecule has 0 aromatic heterocycles. The predicted molar refractivity (Wildman–Crippen MR) is 83.4 cm³/mol. The SMILES string of the molecule is C[C@H](O)c1cccc(F)c1N1CCCCc2ccccc21. The van der Waals surface area contributed by atoms with Crippen LogP contribution in [0.15, 0.2) is 42.5 Å². The van der Waals surface area contributed by atoms with Crippen molar-refractivity contribution in [1.29, 1.82) is 0 Å². The number of benzene rings is 2. The predicted octanol–water partition coefficient (Wildman–Crippen LogP) is 4.35. The van der Waals surface area contributed by atoms with Gasteiger partial charge in [-0.1, -0.05) is 30.3 Å². The molecule has 2 nitrogen and oxygen atoms in total. The Bertz CT molecular complexity index is 639. The molecule has 0 amide bonds. The summed E-state index contributed by atoms with van der Waals surface area (Å²) >= 11 is 0. The molecule has 21 heavy (non-hydrogen) atoms. The highest BCUT2D eigenvalue weighted by Gasteiger charge is 2.23. The van der Waals surface area contributed by atoms with Crippen LogP contribution >= 0.6 is 0 Å². The minimum absolute atomic E-state index is 0.273. The van der Waals surface area contributed by atoms with E-state index in [0.717, 1.165) is 31.5 Å². The summed E-state index contributed by atoms with van der Waals surface area (Å²) in [5.74, 6) is -0.273. The lowest BCUT2D eigenvalue weighted by molar-refractivity contribution is 0.199. The Labute approximate surface area is 124 Å². The number of aliphatic hydroxyl groups excluding tert-OH is 1. The van der Waals surface area contributed by atoms with E-state index in [4.69, 9.17) is 0 Å². The van der Waals surface area contributed by atoms with Crippen LogP contribution in [-0.2, 0) is 6.42 Å². The van der Waals surface area contributed by atoms with Gasteiger partial charge in [-0.25, -0.2) is 4.39 Å². The number of halogens is 1. The Balaban J connectivity index is 2.17. The highest BCUT2D eigenvalue weighted by atomic mass is 19.1. The van der Waals surface area contributed by atoms with Gasteiger partial charge in [-0.05, 0) is 43.9 Å². The maximum absolute atomic E-state index is 14.5. The van der Waals surface area contributed by atoms with Gasteiger partial charge in [0.05, 0.1) is 11.8 Å². The van der Waals surface area contributed by atoms with Crippen LogP contribution in [-0.4, -0.2) is 11.7 Å². The molecule has 110 valence electrons. The van der Waals surface area contributed by atoms with E-state index in [1.54, 1.807) is 19.1 Å². The molecule has 2 aromatic carbocycles. The van der Waals surface area contributed by atoms with Crippen molar-refractivity contribution in [1.82, 2.24) is 0 Å². The largest absolute Gasteiger partial charge is 0.389 e. The summed E-state index contributed by atoms with van der Waals surface area (Å²) in [4.78, 5) is 2.03. The van der Waals surface area contributed by atoms with E-state index < -0.39 is 6.10 Å². The van der Waals surface area contributed by atoms with Crippen molar-refractivity contribution < 1.29 is 9.50 Å². The first-order valence-electron chi connectivity index (χ1n) is 7.50. The van der Waals surface area contributed by atoms with Gasteiger partial charge < -0.3 is 10.0 Å². The fourth-order valence-electron chi connectivity index (χ4n) is 3.08. The normalized spacial score (nSPS) is 16.2. The Morgan fingerprint density at radius 1 is 1.10 bits per heavy atom. The molecule has 1 aliphatic rings. The molecule has 1 atom stereocenters. The highest BCUT2D eigenvalue weighted by molar-refractivity contribution is 5.70. The number of anilines is 2. The molecule has 0 spiro atoms. The molecule has 0 fully saturated rings. The van der Waals surface area contributed by atoms with Gasteiger partial charge in [-0.15, -0.1) is 0 Å². The monoisotopic (exact) mass is 285 g/mol. The van der Waals surface area contributed by atoms with Gasteiger partial charge >= 0.3 is 0 Å². The number of aliphatic hydroxyl groups is 1. The lowest BCUT2D eigenvalue weighted by Gasteiger charge is -2.28. The molecular weight excluding hydrogens is 265 g/mol. The molecule has 1 heterocycles. The summed E-state index contributed by atoms with van der Waals surface area (Å²) in [7, 11) is 0. The first-order chi connectivity index (χ1) is 10.2. The van der Waals surface area contributed by atoms with Crippen molar-refractivity contribution in [3.63, 3.8) is 0 Å². The highest BCUT2D eigenvalue weighted by Crippen LogP contribution is 2.38. The first-order valence-corrected chi connectivity index (χ1v) is 7.50. The third kappa shape index (κ3) is 2.66. The molecule has 1 N–H and O–H groups in total. The number of para-hydroxylation sites is 2. The molecule has 0 saturated heterocycles.